The number of allylic oxidation sites excluding steroid dienone is 2. The van der Waals surface area contributed by atoms with Gasteiger partial charge in [0.1, 0.15) is 0 Å². The van der Waals surface area contributed by atoms with Crippen LogP contribution in [0, 0.1) is 5.92 Å². The summed E-state index contributed by atoms with van der Waals surface area (Å²) in [6, 6.07) is 0. The van der Waals surface area contributed by atoms with Gasteiger partial charge in [0.05, 0.1) is 0 Å². The third-order valence-corrected chi connectivity index (χ3v) is 2.53. The van der Waals surface area contributed by atoms with E-state index < -0.39 is 0 Å². The molecular weight excluding hydrogens is 135 g/mol. The van der Waals surface area contributed by atoms with E-state index in [0.717, 1.165) is 5.92 Å². The molecule has 0 amide bonds. The number of fused-ring (bicyclic) bond motifs is 1. The molecule has 1 atom stereocenters. The predicted molar refractivity (Wildman–Crippen MR) is 38.8 cm³/mol. The standard InChI is InChI=1S/C5H6S.BH2O2/c1-2-6-5-3-4(1)5;2-1-3/h3-4H,1-2H2;2-3H. The van der Waals surface area contributed by atoms with Crippen LogP contribution in [0.4, 0.5) is 0 Å². The average Bonchev–Trinajstić information content (AvgIpc) is 2.43. The molecule has 2 aliphatic rings. The van der Waals surface area contributed by atoms with Crippen LogP contribution in [0.2, 0.25) is 0 Å². The molecular formula is C5H8BO2S. The molecule has 9 heavy (non-hydrogen) atoms. The Labute approximate surface area is 59.3 Å². The van der Waals surface area contributed by atoms with E-state index in [1.807, 2.05) is 11.8 Å². The zero-order chi connectivity index (χ0) is 6.69. The zero-order valence-electron chi connectivity index (χ0n) is 4.95. The van der Waals surface area contributed by atoms with Crippen molar-refractivity contribution in [1.82, 2.24) is 0 Å². The van der Waals surface area contributed by atoms with Gasteiger partial charge in [0, 0.05) is 5.92 Å². The molecule has 1 radical (unpaired) electrons. The summed E-state index contributed by atoms with van der Waals surface area (Å²) in [5.74, 6) is 2.35. The molecule has 2 N–H and O–H groups in total. The van der Waals surface area contributed by atoms with Crippen LogP contribution in [0.3, 0.4) is 0 Å². The SMILES string of the molecule is C1=C2SCCC12.O[B]O. The summed E-state index contributed by atoms with van der Waals surface area (Å²) in [6.45, 7) is 0. The Kier molecular flexibility index (Phi) is 2.63. The monoisotopic (exact) mass is 143 g/mol. The second kappa shape index (κ2) is 3.30. The molecule has 2 nitrogen and oxygen atoms in total. The largest absolute Gasteiger partial charge is 0.482 e. The lowest BCUT2D eigenvalue weighted by Gasteiger charge is -1.76. The van der Waals surface area contributed by atoms with Gasteiger partial charge >= 0.3 is 7.69 Å². The fourth-order valence-corrected chi connectivity index (χ4v) is 2.03. The van der Waals surface area contributed by atoms with Crippen molar-refractivity contribution in [1.29, 1.82) is 0 Å². The second-order valence-electron chi connectivity index (χ2n) is 1.93. The lowest BCUT2D eigenvalue weighted by Crippen LogP contribution is -1.75. The van der Waals surface area contributed by atoms with E-state index in [2.05, 4.69) is 6.08 Å². The summed E-state index contributed by atoms with van der Waals surface area (Å²) in [5, 5.41) is 14.0. The maximum atomic E-state index is 7.00. The molecule has 0 aromatic heterocycles. The first-order valence-electron chi connectivity index (χ1n) is 2.83. The van der Waals surface area contributed by atoms with Gasteiger partial charge in [-0.1, -0.05) is 6.08 Å². The highest BCUT2D eigenvalue weighted by molar-refractivity contribution is 8.03. The average molecular weight is 143 g/mol. The highest BCUT2D eigenvalue weighted by atomic mass is 32.2. The fourth-order valence-electron chi connectivity index (χ4n) is 0.835. The van der Waals surface area contributed by atoms with E-state index in [-0.39, 0.29) is 7.69 Å². The molecule has 0 saturated carbocycles. The lowest BCUT2D eigenvalue weighted by atomic mass is 10.3. The van der Waals surface area contributed by atoms with E-state index in [4.69, 9.17) is 10.0 Å². The minimum atomic E-state index is 0. The van der Waals surface area contributed by atoms with Gasteiger partial charge in [-0.3, -0.25) is 0 Å². The van der Waals surface area contributed by atoms with Crippen molar-refractivity contribution in [2.75, 3.05) is 5.75 Å². The van der Waals surface area contributed by atoms with Crippen molar-refractivity contribution in [3.8, 4) is 0 Å². The Morgan fingerprint density at radius 2 is 2.33 bits per heavy atom. The zero-order valence-corrected chi connectivity index (χ0v) is 5.77. The molecule has 0 aromatic rings. The van der Waals surface area contributed by atoms with Crippen LogP contribution in [0.1, 0.15) is 6.42 Å². The minimum absolute atomic E-state index is 0. The van der Waals surface area contributed by atoms with Gasteiger partial charge in [0.25, 0.3) is 0 Å². The van der Waals surface area contributed by atoms with Crippen molar-refractivity contribution in [3.63, 3.8) is 0 Å². The Morgan fingerprint density at radius 1 is 1.67 bits per heavy atom. The molecule has 1 heterocycles. The minimum Gasteiger partial charge on any atom is -0.429 e. The van der Waals surface area contributed by atoms with E-state index in [0.29, 0.717) is 0 Å². The van der Waals surface area contributed by atoms with Gasteiger partial charge in [-0.05, 0) is 17.1 Å². The number of hydrogen-bond donors (Lipinski definition) is 2. The molecule has 1 aliphatic carbocycles. The fraction of sp³-hybridized carbons (Fsp3) is 0.600. The Balaban J connectivity index is 0.000000120. The summed E-state index contributed by atoms with van der Waals surface area (Å²) in [4.78, 5) is 1.66. The van der Waals surface area contributed by atoms with Crippen molar-refractivity contribution in [3.05, 3.63) is 11.0 Å². The number of rotatable bonds is 0. The molecule has 4 heteroatoms. The molecule has 1 aliphatic heterocycles. The summed E-state index contributed by atoms with van der Waals surface area (Å²) in [5.41, 5.74) is 0. The van der Waals surface area contributed by atoms with Crippen LogP contribution in [-0.4, -0.2) is 23.5 Å². The van der Waals surface area contributed by atoms with Crippen molar-refractivity contribution in [2.24, 2.45) is 5.92 Å². The first-order valence-corrected chi connectivity index (χ1v) is 3.81. The molecule has 1 unspecified atom stereocenters. The van der Waals surface area contributed by atoms with Gasteiger partial charge in [0.2, 0.25) is 0 Å². The van der Waals surface area contributed by atoms with Gasteiger partial charge < -0.3 is 10.0 Å². The van der Waals surface area contributed by atoms with Crippen LogP contribution < -0.4 is 0 Å². The molecule has 2 rings (SSSR count). The van der Waals surface area contributed by atoms with E-state index in [9.17, 15) is 0 Å². The van der Waals surface area contributed by atoms with Crippen LogP contribution >= 0.6 is 11.8 Å². The molecule has 0 bridgehead atoms. The van der Waals surface area contributed by atoms with Gasteiger partial charge in [-0.2, -0.15) is 0 Å². The van der Waals surface area contributed by atoms with Crippen LogP contribution in [-0.2, 0) is 0 Å². The van der Waals surface area contributed by atoms with E-state index >= 15 is 0 Å². The van der Waals surface area contributed by atoms with Gasteiger partial charge in [-0.25, -0.2) is 0 Å². The van der Waals surface area contributed by atoms with Crippen LogP contribution in [0.5, 0.6) is 0 Å². The van der Waals surface area contributed by atoms with E-state index in [1.165, 1.54) is 12.2 Å². The quantitative estimate of drug-likeness (QED) is 0.474. The Morgan fingerprint density at radius 3 is 2.44 bits per heavy atom. The Hall–Kier alpha value is 0.0749. The van der Waals surface area contributed by atoms with Crippen LogP contribution in [0.15, 0.2) is 11.0 Å². The molecule has 49 valence electrons. The molecule has 0 spiro atoms. The highest BCUT2D eigenvalue weighted by Gasteiger charge is 2.29. The number of hydrogen-bond acceptors (Lipinski definition) is 3. The third kappa shape index (κ3) is 2.04. The summed E-state index contributed by atoms with van der Waals surface area (Å²) in [6.07, 6.45) is 3.79. The summed E-state index contributed by atoms with van der Waals surface area (Å²) < 4.78 is 0. The molecule has 0 aromatic carbocycles. The number of thioether (sulfide) groups is 1. The van der Waals surface area contributed by atoms with Crippen molar-refractivity contribution < 1.29 is 10.0 Å². The highest BCUT2D eigenvalue weighted by Crippen LogP contribution is 2.48. The maximum absolute atomic E-state index is 7.00. The normalized spacial score (nSPS) is 27.3. The second-order valence-corrected chi connectivity index (χ2v) is 3.10. The van der Waals surface area contributed by atoms with Crippen LogP contribution in [0.25, 0.3) is 0 Å². The predicted octanol–water partition coefficient (Wildman–Crippen LogP) is 0.142. The first-order chi connectivity index (χ1) is 4.38. The van der Waals surface area contributed by atoms with Crippen molar-refractivity contribution in [2.45, 2.75) is 6.42 Å². The summed E-state index contributed by atoms with van der Waals surface area (Å²) in [7, 11) is 0. The van der Waals surface area contributed by atoms with E-state index in [1.54, 1.807) is 4.91 Å². The van der Waals surface area contributed by atoms with Gasteiger partial charge in [-0.15, -0.1) is 11.8 Å². The lowest BCUT2D eigenvalue weighted by molar-refractivity contribution is 0.448. The molecule has 1 fully saturated rings. The maximum Gasteiger partial charge on any atom is 0.482 e. The van der Waals surface area contributed by atoms with Crippen molar-refractivity contribution >= 4 is 19.4 Å². The first kappa shape index (κ1) is 7.19. The Bertz CT molecular complexity index is 126. The van der Waals surface area contributed by atoms with Gasteiger partial charge in [0.15, 0.2) is 0 Å². The third-order valence-electron chi connectivity index (χ3n) is 1.32. The molecule has 1 saturated heterocycles. The smallest absolute Gasteiger partial charge is 0.429 e. The topological polar surface area (TPSA) is 40.5 Å². The summed E-state index contributed by atoms with van der Waals surface area (Å²) >= 11 is 2.03.